The van der Waals surface area contributed by atoms with Crippen molar-refractivity contribution < 1.29 is 0 Å². The van der Waals surface area contributed by atoms with Gasteiger partial charge in [-0.15, -0.1) is 0 Å². The lowest BCUT2D eigenvalue weighted by molar-refractivity contribution is 0.382. The number of thiocarbonyl (C=S) groups is 1. The fraction of sp³-hybridized carbons (Fsp3) is 0.429. The Hall–Kier alpha value is -1.46. The molecule has 2 rings (SSSR count). The summed E-state index contributed by atoms with van der Waals surface area (Å²) in [6.45, 7) is 3.68. The van der Waals surface area contributed by atoms with Crippen molar-refractivity contribution in [3.05, 3.63) is 29.6 Å². The minimum atomic E-state index is 0.546. The number of aryl methyl sites for hydroxylation is 2. The Kier molecular flexibility index (Phi) is 4.17. The maximum atomic E-state index is 5.62. The molecule has 0 amide bonds. The Morgan fingerprint density at radius 2 is 2.16 bits per heavy atom. The van der Waals surface area contributed by atoms with Gasteiger partial charge in [-0.3, -0.25) is 0 Å². The smallest absolute Gasteiger partial charge is 0.124 e. The first-order valence-electron chi connectivity index (χ1n) is 6.36. The van der Waals surface area contributed by atoms with Gasteiger partial charge in [0.05, 0.1) is 22.6 Å². The third-order valence-electron chi connectivity index (χ3n) is 3.02. The first kappa shape index (κ1) is 14.0. The van der Waals surface area contributed by atoms with E-state index in [4.69, 9.17) is 22.9 Å². The average molecular weight is 276 g/mol. The summed E-state index contributed by atoms with van der Waals surface area (Å²) in [5.41, 5.74) is 9.03. The molecule has 1 heterocycles. The van der Waals surface area contributed by atoms with Gasteiger partial charge in [0, 0.05) is 13.0 Å². The van der Waals surface area contributed by atoms with E-state index in [1.165, 1.54) is 5.56 Å². The Morgan fingerprint density at radius 3 is 2.79 bits per heavy atom. The molecule has 5 heteroatoms. The molecule has 0 unspecified atom stereocenters. The van der Waals surface area contributed by atoms with Crippen molar-refractivity contribution in [2.45, 2.75) is 26.4 Å². The van der Waals surface area contributed by atoms with Gasteiger partial charge >= 0.3 is 0 Å². The molecule has 0 atom stereocenters. The largest absolute Gasteiger partial charge is 0.393 e. The number of benzene rings is 1. The molecule has 1 aromatic heterocycles. The minimum Gasteiger partial charge on any atom is -0.393 e. The van der Waals surface area contributed by atoms with Gasteiger partial charge in [-0.05, 0) is 38.7 Å². The van der Waals surface area contributed by atoms with Gasteiger partial charge < -0.3 is 15.2 Å². The first-order chi connectivity index (χ1) is 8.97. The molecule has 0 spiro atoms. The van der Waals surface area contributed by atoms with Crippen LogP contribution < -0.4 is 5.73 Å². The van der Waals surface area contributed by atoms with Gasteiger partial charge in [0.1, 0.15) is 5.82 Å². The summed E-state index contributed by atoms with van der Waals surface area (Å²) in [5.74, 6) is 1.06. The van der Waals surface area contributed by atoms with Crippen LogP contribution in [0.25, 0.3) is 11.0 Å². The molecule has 0 aliphatic rings. The predicted octanol–water partition coefficient (Wildman–Crippen LogP) is 2.08. The van der Waals surface area contributed by atoms with E-state index in [-0.39, 0.29) is 0 Å². The van der Waals surface area contributed by atoms with Gasteiger partial charge in [-0.1, -0.05) is 18.3 Å². The number of imidazole rings is 1. The SMILES string of the molecule is Cc1ccc2c(c1)nc(CN(C)C)n2CCC(N)=S. The molecular weight excluding hydrogens is 256 g/mol. The second-order valence-corrected chi connectivity index (χ2v) is 5.65. The van der Waals surface area contributed by atoms with Gasteiger partial charge in [0.15, 0.2) is 0 Å². The molecule has 2 N–H and O–H groups in total. The first-order valence-corrected chi connectivity index (χ1v) is 6.77. The standard InChI is InChI=1S/C14H20N4S/c1-10-4-5-12-11(8-10)16-14(9-17(2)3)18(12)7-6-13(15)19/h4-5,8H,6-7,9H2,1-3H3,(H2,15,19). The van der Waals surface area contributed by atoms with Crippen LogP contribution in [-0.4, -0.2) is 33.5 Å². The van der Waals surface area contributed by atoms with Crippen LogP contribution in [0.5, 0.6) is 0 Å². The van der Waals surface area contributed by atoms with Crippen LogP contribution in [0.15, 0.2) is 18.2 Å². The highest BCUT2D eigenvalue weighted by atomic mass is 32.1. The second-order valence-electron chi connectivity index (χ2n) is 5.13. The summed E-state index contributed by atoms with van der Waals surface area (Å²) in [7, 11) is 4.09. The minimum absolute atomic E-state index is 0.546. The Bertz CT molecular complexity index is 601. The molecule has 4 nitrogen and oxygen atoms in total. The average Bonchev–Trinajstić information content (AvgIpc) is 2.61. The third kappa shape index (κ3) is 3.30. The van der Waals surface area contributed by atoms with E-state index in [1.807, 2.05) is 14.1 Å². The quantitative estimate of drug-likeness (QED) is 0.849. The molecule has 0 saturated heterocycles. The predicted molar refractivity (Wildman–Crippen MR) is 83.3 cm³/mol. The number of fused-ring (bicyclic) bond motifs is 1. The van der Waals surface area contributed by atoms with Crippen molar-refractivity contribution >= 4 is 28.2 Å². The lowest BCUT2D eigenvalue weighted by Crippen LogP contribution is -2.18. The number of nitrogens with zero attached hydrogens (tertiary/aromatic N) is 3. The summed E-state index contributed by atoms with van der Waals surface area (Å²) < 4.78 is 2.22. The summed E-state index contributed by atoms with van der Waals surface area (Å²) in [5, 5.41) is 0. The van der Waals surface area contributed by atoms with E-state index >= 15 is 0 Å². The molecule has 0 aliphatic heterocycles. The maximum Gasteiger partial charge on any atom is 0.124 e. The molecule has 1 aromatic carbocycles. The van der Waals surface area contributed by atoms with Crippen LogP contribution in [-0.2, 0) is 13.1 Å². The third-order valence-corrected chi connectivity index (χ3v) is 3.23. The van der Waals surface area contributed by atoms with Crippen LogP contribution in [0.2, 0.25) is 0 Å². The molecule has 0 saturated carbocycles. The Morgan fingerprint density at radius 1 is 1.42 bits per heavy atom. The van der Waals surface area contributed by atoms with E-state index in [1.54, 1.807) is 0 Å². The highest BCUT2D eigenvalue weighted by molar-refractivity contribution is 7.80. The lowest BCUT2D eigenvalue weighted by atomic mass is 10.2. The molecule has 0 aliphatic carbocycles. The zero-order valence-corrected chi connectivity index (χ0v) is 12.5. The summed E-state index contributed by atoms with van der Waals surface area (Å²) in [6.07, 6.45) is 0.703. The monoisotopic (exact) mass is 276 g/mol. The Labute approximate surface area is 119 Å². The van der Waals surface area contributed by atoms with Crippen molar-refractivity contribution in [3.63, 3.8) is 0 Å². The number of hydrogen-bond donors (Lipinski definition) is 1. The van der Waals surface area contributed by atoms with Crippen LogP contribution in [0.3, 0.4) is 0 Å². The number of hydrogen-bond acceptors (Lipinski definition) is 3. The van der Waals surface area contributed by atoms with Crippen molar-refractivity contribution in [1.82, 2.24) is 14.5 Å². The highest BCUT2D eigenvalue weighted by Crippen LogP contribution is 2.19. The topological polar surface area (TPSA) is 47.1 Å². The molecule has 0 radical (unpaired) electrons. The molecular formula is C14H20N4S. The summed E-state index contributed by atoms with van der Waals surface area (Å²) in [4.78, 5) is 7.39. The number of aromatic nitrogens is 2. The maximum absolute atomic E-state index is 5.62. The Balaban J connectivity index is 2.45. The normalized spacial score (nSPS) is 11.4. The van der Waals surface area contributed by atoms with Crippen molar-refractivity contribution in [3.8, 4) is 0 Å². The second kappa shape index (κ2) is 5.67. The van der Waals surface area contributed by atoms with Crippen molar-refractivity contribution in [2.24, 2.45) is 5.73 Å². The van der Waals surface area contributed by atoms with Gasteiger partial charge in [-0.2, -0.15) is 0 Å². The molecule has 102 valence electrons. The lowest BCUT2D eigenvalue weighted by Gasteiger charge is -2.12. The van der Waals surface area contributed by atoms with E-state index in [0.29, 0.717) is 11.4 Å². The van der Waals surface area contributed by atoms with Crippen LogP contribution in [0.4, 0.5) is 0 Å². The van der Waals surface area contributed by atoms with Gasteiger partial charge in [0.25, 0.3) is 0 Å². The fourth-order valence-corrected chi connectivity index (χ4v) is 2.26. The van der Waals surface area contributed by atoms with E-state index in [9.17, 15) is 0 Å². The molecule has 0 bridgehead atoms. The van der Waals surface area contributed by atoms with Crippen LogP contribution in [0, 0.1) is 6.92 Å². The molecule has 0 fully saturated rings. The summed E-state index contributed by atoms with van der Waals surface area (Å²) in [6, 6.07) is 6.35. The fourth-order valence-electron chi connectivity index (χ4n) is 2.16. The van der Waals surface area contributed by atoms with Crippen molar-refractivity contribution in [1.29, 1.82) is 0 Å². The van der Waals surface area contributed by atoms with Crippen LogP contribution >= 0.6 is 12.2 Å². The van der Waals surface area contributed by atoms with Crippen molar-refractivity contribution in [2.75, 3.05) is 14.1 Å². The number of rotatable bonds is 5. The van der Waals surface area contributed by atoms with Gasteiger partial charge in [0.2, 0.25) is 0 Å². The summed E-state index contributed by atoms with van der Waals surface area (Å²) >= 11 is 4.98. The number of nitrogens with two attached hydrogens (primary N) is 1. The van der Waals surface area contributed by atoms with E-state index < -0.39 is 0 Å². The molecule has 19 heavy (non-hydrogen) atoms. The highest BCUT2D eigenvalue weighted by Gasteiger charge is 2.11. The molecule has 2 aromatic rings. The zero-order valence-electron chi connectivity index (χ0n) is 11.7. The van der Waals surface area contributed by atoms with E-state index in [0.717, 1.165) is 29.9 Å². The van der Waals surface area contributed by atoms with Gasteiger partial charge in [-0.25, -0.2) is 4.98 Å². The van der Waals surface area contributed by atoms with E-state index in [2.05, 4.69) is 34.6 Å². The van der Waals surface area contributed by atoms with Crippen LogP contribution in [0.1, 0.15) is 17.8 Å². The zero-order chi connectivity index (χ0) is 14.0.